The lowest BCUT2D eigenvalue weighted by Crippen LogP contribution is -2.35. The second-order valence-electron chi connectivity index (χ2n) is 4.48. The summed E-state index contributed by atoms with van der Waals surface area (Å²) in [4.78, 5) is 1.84. The molecule has 0 aromatic heterocycles. The molecule has 0 spiro atoms. The fraction of sp³-hybridized carbons (Fsp3) is 0.538. The zero-order valence-electron chi connectivity index (χ0n) is 10.7. The van der Waals surface area contributed by atoms with Crippen molar-refractivity contribution in [3.63, 3.8) is 0 Å². The number of anilines is 1. The first-order chi connectivity index (χ1) is 7.99. The molecule has 1 unspecified atom stereocenters. The highest BCUT2D eigenvalue weighted by atomic mass is 19.1. The van der Waals surface area contributed by atoms with E-state index >= 15 is 0 Å². The van der Waals surface area contributed by atoms with Gasteiger partial charge >= 0.3 is 0 Å². The summed E-state index contributed by atoms with van der Waals surface area (Å²) >= 11 is 0. The van der Waals surface area contributed by atoms with Gasteiger partial charge in [0.1, 0.15) is 5.82 Å². The fourth-order valence-electron chi connectivity index (χ4n) is 1.94. The van der Waals surface area contributed by atoms with Gasteiger partial charge in [0.15, 0.2) is 0 Å². The topological polar surface area (TPSA) is 49.5 Å². The molecule has 0 saturated carbocycles. The smallest absolute Gasteiger partial charge is 0.146 e. The molecule has 3 nitrogen and oxygen atoms in total. The first kappa shape index (κ1) is 13.9. The van der Waals surface area contributed by atoms with Crippen molar-refractivity contribution in [1.82, 2.24) is 0 Å². The van der Waals surface area contributed by atoms with Gasteiger partial charge in [0, 0.05) is 18.6 Å². The summed E-state index contributed by atoms with van der Waals surface area (Å²) < 4.78 is 14.0. The van der Waals surface area contributed by atoms with E-state index in [-0.39, 0.29) is 24.5 Å². The van der Waals surface area contributed by atoms with Crippen LogP contribution in [0, 0.1) is 5.82 Å². The third-order valence-electron chi connectivity index (χ3n) is 2.76. The van der Waals surface area contributed by atoms with Gasteiger partial charge in [0.25, 0.3) is 0 Å². The summed E-state index contributed by atoms with van der Waals surface area (Å²) in [5.74, 6) is -0.290. The van der Waals surface area contributed by atoms with Gasteiger partial charge in [-0.05, 0) is 32.4 Å². The van der Waals surface area contributed by atoms with Crippen LogP contribution in [-0.4, -0.2) is 24.3 Å². The van der Waals surface area contributed by atoms with E-state index in [0.29, 0.717) is 12.2 Å². The SMILES string of the molecule is CC(N)c1cccc(F)c1N(CCO)C(C)C. The molecule has 0 aliphatic heterocycles. The maximum Gasteiger partial charge on any atom is 0.146 e. The lowest BCUT2D eigenvalue weighted by Gasteiger charge is -2.31. The molecule has 0 radical (unpaired) electrons. The van der Waals surface area contributed by atoms with Gasteiger partial charge < -0.3 is 15.7 Å². The average Bonchev–Trinajstić information content (AvgIpc) is 2.25. The molecule has 1 aromatic rings. The van der Waals surface area contributed by atoms with Gasteiger partial charge in [-0.1, -0.05) is 12.1 Å². The number of halogens is 1. The van der Waals surface area contributed by atoms with E-state index < -0.39 is 0 Å². The molecule has 1 rings (SSSR count). The Morgan fingerprint density at radius 3 is 2.47 bits per heavy atom. The normalized spacial score (nSPS) is 12.9. The van der Waals surface area contributed by atoms with Crippen LogP contribution in [0.3, 0.4) is 0 Å². The highest BCUT2D eigenvalue weighted by molar-refractivity contribution is 5.56. The minimum atomic E-state index is -0.290. The predicted molar refractivity (Wildman–Crippen MR) is 68.6 cm³/mol. The minimum Gasteiger partial charge on any atom is -0.395 e. The number of rotatable bonds is 5. The Morgan fingerprint density at radius 2 is 2.00 bits per heavy atom. The zero-order valence-corrected chi connectivity index (χ0v) is 10.7. The van der Waals surface area contributed by atoms with Crippen LogP contribution in [-0.2, 0) is 0 Å². The highest BCUT2D eigenvalue weighted by Crippen LogP contribution is 2.29. The van der Waals surface area contributed by atoms with Crippen molar-refractivity contribution in [2.75, 3.05) is 18.1 Å². The third-order valence-corrected chi connectivity index (χ3v) is 2.76. The van der Waals surface area contributed by atoms with Crippen molar-refractivity contribution in [2.24, 2.45) is 5.73 Å². The number of hydrogen-bond donors (Lipinski definition) is 2. The molecule has 0 aliphatic rings. The number of hydrogen-bond acceptors (Lipinski definition) is 3. The lowest BCUT2D eigenvalue weighted by molar-refractivity contribution is 0.298. The Kier molecular flexibility index (Phi) is 4.90. The Balaban J connectivity index is 3.25. The van der Waals surface area contributed by atoms with E-state index in [1.54, 1.807) is 6.07 Å². The zero-order chi connectivity index (χ0) is 13.0. The van der Waals surface area contributed by atoms with Crippen LogP contribution < -0.4 is 10.6 Å². The predicted octanol–water partition coefficient (Wildman–Crippen LogP) is 2.05. The van der Waals surface area contributed by atoms with Crippen molar-refractivity contribution >= 4 is 5.69 Å². The molecular weight excluding hydrogens is 219 g/mol. The summed E-state index contributed by atoms with van der Waals surface area (Å²) in [6, 6.07) is 4.79. The van der Waals surface area contributed by atoms with Crippen LogP contribution in [0.4, 0.5) is 10.1 Å². The van der Waals surface area contributed by atoms with Gasteiger partial charge in [-0.15, -0.1) is 0 Å². The van der Waals surface area contributed by atoms with Crippen molar-refractivity contribution in [1.29, 1.82) is 0 Å². The summed E-state index contributed by atoms with van der Waals surface area (Å²) in [5, 5.41) is 9.07. The molecule has 0 amide bonds. The van der Waals surface area contributed by atoms with Crippen LogP contribution in [0.15, 0.2) is 18.2 Å². The molecule has 0 heterocycles. The van der Waals surface area contributed by atoms with E-state index in [1.165, 1.54) is 6.07 Å². The van der Waals surface area contributed by atoms with Gasteiger partial charge in [-0.2, -0.15) is 0 Å². The highest BCUT2D eigenvalue weighted by Gasteiger charge is 2.19. The lowest BCUT2D eigenvalue weighted by atomic mass is 10.0. The molecule has 4 heteroatoms. The first-order valence-electron chi connectivity index (χ1n) is 5.90. The molecule has 1 atom stereocenters. The second kappa shape index (κ2) is 5.98. The number of benzene rings is 1. The van der Waals surface area contributed by atoms with Crippen LogP contribution >= 0.6 is 0 Å². The molecular formula is C13H21FN2O. The van der Waals surface area contributed by atoms with Crippen molar-refractivity contribution in [2.45, 2.75) is 32.9 Å². The van der Waals surface area contributed by atoms with E-state index in [4.69, 9.17) is 10.8 Å². The van der Waals surface area contributed by atoms with Crippen molar-refractivity contribution < 1.29 is 9.50 Å². The Labute approximate surface area is 102 Å². The summed E-state index contributed by atoms with van der Waals surface area (Å²) in [5.41, 5.74) is 7.14. The van der Waals surface area contributed by atoms with Crippen molar-refractivity contribution in [3.05, 3.63) is 29.6 Å². The van der Waals surface area contributed by atoms with E-state index in [9.17, 15) is 4.39 Å². The molecule has 17 heavy (non-hydrogen) atoms. The fourth-order valence-corrected chi connectivity index (χ4v) is 1.94. The van der Waals surface area contributed by atoms with E-state index in [1.807, 2.05) is 31.7 Å². The van der Waals surface area contributed by atoms with Gasteiger partial charge in [0.05, 0.1) is 12.3 Å². The number of aliphatic hydroxyl groups excluding tert-OH is 1. The molecule has 0 saturated heterocycles. The summed E-state index contributed by atoms with van der Waals surface area (Å²) in [6.45, 7) is 6.15. The van der Waals surface area contributed by atoms with Crippen LogP contribution in [0.2, 0.25) is 0 Å². The van der Waals surface area contributed by atoms with E-state index in [0.717, 1.165) is 5.56 Å². The number of para-hydroxylation sites is 1. The standard InChI is InChI=1S/C13H21FN2O/c1-9(2)16(7-8-17)13-11(10(3)15)5-4-6-12(13)14/h4-6,9-10,17H,7-8,15H2,1-3H3. The molecule has 0 aliphatic carbocycles. The summed E-state index contributed by atoms with van der Waals surface area (Å²) in [7, 11) is 0. The molecule has 0 bridgehead atoms. The van der Waals surface area contributed by atoms with Crippen LogP contribution in [0.25, 0.3) is 0 Å². The maximum absolute atomic E-state index is 14.0. The summed E-state index contributed by atoms with van der Waals surface area (Å²) in [6.07, 6.45) is 0. The largest absolute Gasteiger partial charge is 0.395 e. The van der Waals surface area contributed by atoms with Gasteiger partial charge in [-0.3, -0.25) is 0 Å². The monoisotopic (exact) mass is 240 g/mol. The Morgan fingerprint density at radius 1 is 1.35 bits per heavy atom. The first-order valence-corrected chi connectivity index (χ1v) is 5.90. The van der Waals surface area contributed by atoms with Crippen LogP contribution in [0.1, 0.15) is 32.4 Å². The van der Waals surface area contributed by atoms with Crippen molar-refractivity contribution in [3.8, 4) is 0 Å². The quantitative estimate of drug-likeness (QED) is 0.828. The van der Waals surface area contributed by atoms with Crippen LogP contribution in [0.5, 0.6) is 0 Å². The second-order valence-corrected chi connectivity index (χ2v) is 4.48. The van der Waals surface area contributed by atoms with Gasteiger partial charge in [0.2, 0.25) is 0 Å². The number of nitrogens with zero attached hydrogens (tertiary/aromatic N) is 1. The minimum absolute atomic E-state index is 0.00902. The molecule has 3 N–H and O–H groups in total. The van der Waals surface area contributed by atoms with E-state index in [2.05, 4.69) is 0 Å². The Bertz CT molecular complexity index is 366. The number of aliphatic hydroxyl groups is 1. The number of nitrogens with two attached hydrogens (primary N) is 1. The molecule has 96 valence electrons. The molecule has 1 aromatic carbocycles. The molecule has 0 fully saturated rings. The Hall–Kier alpha value is -1.13. The maximum atomic E-state index is 14.0. The third kappa shape index (κ3) is 3.17. The average molecular weight is 240 g/mol. The van der Waals surface area contributed by atoms with Gasteiger partial charge in [-0.25, -0.2) is 4.39 Å².